The summed E-state index contributed by atoms with van der Waals surface area (Å²) in [5.41, 5.74) is 4.09. The monoisotopic (exact) mass is 389 g/mol. The van der Waals surface area contributed by atoms with E-state index in [-0.39, 0.29) is 25.9 Å². The lowest BCUT2D eigenvalue weighted by Gasteiger charge is -2.30. The number of nitrogens with zero attached hydrogens (tertiary/aromatic N) is 2. The summed E-state index contributed by atoms with van der Waals surface area (Å²) in [5.74, 6) is -0.177. The summed E-state index contributed by atoms with van der Waals surface area (Å²) in [6, 6.07) is 11.8. The minimum absolute atomic E-state index is 0. The SMILES string of the molecule is CC.Cc1cc(C(=O)NC[C@H](O)CN2CCc3ccccc3C2)ccn1.S. The summed E-state index contributed by atoms with van der Waals surface area (Å²) in [6.45, 7) is 8.44. The van der Waals surface area contributed by atoms with Crippen molar-refractivity contribution in [3.8, 4) is 0 Å². The normalized spacial score (nSPS) is 14.1. The molecule has 27 heavy (non-hydrogen) atoms. The van der Waals surface area contributed by atoms with Crippen LogP contribution < -0.4 is 5.32 Å². The zero-order valence-electron chi connectivity index (χ0n) is 16.4. The summed E-state index contributed by atoms with van der Waals surface area (Å²) in [5, 5.41) is 13.0. The van der Waals surface area contributed by atoms with Gasteiger partial charge in [-0.25, -0.2) is 0 Å². The molecule has 1 atom stereocenters. The highest BCUT2D eigenvalue weighted by Crippen LogP contribution is 2.18. The molecule has 2 aromatic rings. The van der Waals surface area contributed by atoms with Gasteiger partial charge in [-0.1, -0.05) is 38.1 Å². The van der Waals surface area contributed by atoms with Gasteiger partial charge in [0.1, 0.15) is 0 Å². The van der Waals surface area contributed by atoms with Crippen LogP contribution in [0.1, 0.15) is 41.0 Å². The number of fused-ring (bicyclic) bond motifs is 1. The Hall–Kier alpha value is -1.89. The van der Waals surface area contributed by atoms with E-state index in [1.54, 1.807) is 18.3 Å². The van der Waals surface area contributed by atoms with Gasteiger partial charge in [-0.3, -0.25) is 14.7 Å². The van der Waals surface area contributed by atoms with E-state index >= 15 is 0 Å². The van der Waals surface area contributed by atoms with E-state index in [9.17, 15) is 9.90 Å². The van der Waals surface area contributed by atoms with E-state index in [1.807, 2.05) is 20.8 Å². The Morgan fingerprint density at radius 1 is 1.26 bits per heavy atom. The molecule has 148 valence electrons. The van der Waals surface area contributed by atoms with Gasteiger partial charge in [0, 0.05) is 43.6 Å². The molecule has 0 unspecified atom stereocenters. The third-order valence-corrected chi connectivity index (χ3v) is 4.34. The van der Waals surface area contributed by atoms with Crippen LogP contribution >= 0.6 is 13.5 Å². The Labute approximate surface area is 169 Å². The van der Waals surface area contributed by atoms with Crippen LogP contribution in [0.25, 0.3) is 0 Å². The van der Waals surface area contributed by atoms with Crippen molar-refractivity contribution in [2.24, 2.45) is 0 Å². The van der Waals surface area contributed by atoms with Crippen molar-refractivity contribution in [3.63, 3.8) is 0 Å². The fraction of sp³-hybridized carbons (Fsp3) is 0.429. The van der Waals surface area contributed by atoms with Crippen LogP contribution in [0.3, 0.4) is 0 Å². The van der Waals surface area contributed by atoms with Gasteiger partial charge in [-0.05, 0) is 36.6 Å². The number of β-amino-alcohol motifs (C(OH)–C–C–N with tert-alkyl or cyclic N) is 1. The van der Waals surface area contributed by atoms with Gasteiger partial charge in [-0.2, -0.15) is 13.5 Å². The lowest BCUT2D eigenvalue weighted by atomic mass is 10.00. The standard InChI is InChI=1S/C19H23N3O2.C2H6.H2S/c1-14-10-16(6-8-20-14)19(24)21-11-18(23)13-22-9-7-15-4-2-3-5-17(15)12-22;1-2;/h2-6,8,10,18,23H,7,9,11-13H2,1H3,(H,21,24);1-2H3;1H2/t18-;;/m0../s1. The molecule has 0 saturated heterocycles. The van der Waals surface area contributed by atoms with Crippen molar-refractivity contribution in [2.75, 3.05) is 19.6 Å². The second-order valence-electron chi connectivity index (χ2n) is 6.30. The molecule has 0 bridgehead atoms. The summed E-state index contributed by atoms with van der Waals surface area (Å²) < 4.78 is 0. The van der Waals surface area contributed by atoms with Gasteiger partial charge in [0.15, 0.2) is 0 Å². The molecule has 1 amide bonds. The molecule has 2 N–H and O–H groups in total. The van der Waals surface area contributed by atoms with Crippen molar-refractivity contribution < 1.29 is 9.90 Å². The maximum Gasteiger partial charge on any atom is 0.251 e. The fourth-order valence-corrected chi connectivity index (χ4v) is 3.07. The molecular formula is C21H31N3O2S. The Morgan fingerprint density at radius 3 is 2.67 bits per heavy atom. The van der Waals surface area contributed by atoms with Crippen LogP contribution in [-0.2, 0) is 13.0 Å². The summed E-state index contributed by atoms with van der Waals surface area (Å²) in [6.07, 6.45) is 2.04. The largest absolute Gasteiger partial charge is 0.390 e. The van der Waals surface area contributed by atoms with Gasteiger partial charge in [0.2, 0.25) is 0 Å². The molecule has 0 spiro atoms. The molecule has 0 aliphatic carbocycles. The van der Waals surface area contributed by atoms with Crippen LogP contribution in [-0.4, -0.2) is 46.6 Å². The lowest BCUT2D eigenvalue weighted by molar-refractivity contribution is 0.0841. The van der Waals surface area contributed by atoms with Gasteiger partial charge >= 0.3 is 0 Å². The predicted octanol–water partition coefficient (Wildman–Crippen LogP) is 2.68. The van der Waals surface area contributed by atoms with Gasteiger partial charge < -0.3 is 10.4 Å². The molecule has 3 rings (SSSR count). The zero-order chi connectivity index (χ0) is 18.9. The predicted molar refractivity (Wildman–Crippen MR) is 114 cm³/mol. The fourth-order valence-electron chi connectivity index (χ4n) is 3.07. The first-order chi connectivity index (χ1) is 12.6. The number of hydrogen-bond donors (Lipinski definition) is 2. The highest BCUT2D eigenvalue weighted by atomic mass is 32.1. The maximum absolute atomic E-state index is 12.1. The molecule has 1 aromatic carbocycles. The number of amides is 1. The topological polar surface area (TPSA) is 65.5 Å². The van der Waals surface area contributed by atoms with Crippen LogP contribution in [0.15, 0.2) is 42.6 Å². The van der Waals surface area contributed by atoms with E-state index in [1.165, 1.54) is 11.1 Å². The van der Waals surface area contributed by atoms with Crippen molar-refractivity contribution >= 4 is 19.4 Å². The number of pyridine rings is 1. The van der Waals surface area contributed by atoms with Crippen molar-refractivity contribution in [2.45, 2.75) is 39.8 Å². The van der Waals surface area contributed by atoms with E-state index in [4.69, 9.17) is 0 Å². The number of rotatable bonds is 5. The van der Waals surface area contributed by atoms with E-state index in [0.717, 1.165) is 25.2 Å². The van der Waals surface area contributed by atoms with Crippen molar-refractivity contribution in [3.05, 3.63) is 65.0 Å². The Bertz CT molecular complexity index is 724. The lowest BCUT2D eigenvalue weighted by Crippen LogP contribution is -2.42. The second kappa shape index (κ2) is 11.7. The Balaban J connectivity index is 0.00000118. The van der Waals surface area contributed by atoms with Crippen LogP contribution in [0, 0.1) is 6.92 Å². The van der Waals surface area contributed by atoms with Crippen LogP contribution in [0.4, 0.5) is 0 Å². The Kier molecular flexibility index (Phi) is 10.1. The zero-order valence-corrected chi connectivity index (χ0v) is 17.4. The van der Waals surface area contributed by atoms with Crippen molar-refractivity contribution in [1.82, 2.24) is 15.2 Å². The van der Waals surface area contributed by atoms with Crippen LogP contribution in [0.2, 0.25) is 0 Å². The smallest absolute Gasteiger partial charge is 0.251 e. The number of aromatic nitrogens is 1. The first-order valence-corrected chi connectivity index (χ1v) is 9.30. The minimum Gasteiger partial charge on any atom is -0.390 e. The number of carbonyl (C=O) groups excluding carboxylic acids is 1. The van der Waals surface area contributed by atoms with E-state index in [0.29, 0.717) is 12.1 Å². The molecule has 1 aliphatic heterocycles. The second-order valence-corrected chi connectivity index (χ2v) is 6.30. The average molecular weight is 390 g/mol. The summed E-state index contributed by atoms with van der Waals surface area (Å²) in [4.78, 5) is 18.4. The van der Waals surface area contributed by atoms with Gasteiger partial charge in [-0.15, -0.1) is 0 Å². The number of aliphatic hydroxyl groups excluding tert-OH is 1. The number of aryl methyl sites for hydroxylation is 1. The number of hydrogen-bond acceptors (Lipinski definition) is 4. The Morgan fingerprint density at radius 2 is 1.96 bits per heavy atom. The minimum atomic E-state index is -0.581. The number of aliphatic hydroxyl groups is 1. The maximum atomic E-state index is 12.1. The average Bonchev–Trinajstić information content (AvgIpc) is 2.67. The van der Waals surface area contributed by atoms with Gasteiger partial charge in [0.25, 0.3) is 5.91 Å². The highest BCUT2D eigenvalue weighted by Gasteiger charge is 2.18. The quantitative estimate of drug-likeness (QED) is 0.825. The summed E-state index contributed by atoms with van der Waals surface area (Å²) in [7, 11) is 0. The molecule has 0 radical (unpaired) electrons. The van der Waals surface area contributed by atoms with E-state index < -0.39 is 6.10 Å². The third kappa shape index (κ3) is 6.97. The third-order valence-electron chi connectivity index (χ3n) is 4.34. The van der Waals surface area contributed by atoms with Gasteiger partial charge in [0.05, 0.1) is 6.10 Å². The van der Waals surface area contributed by atoms with E-state index in [2.05, 4.69) is 39.5 Å². The molecule has 0 fully saturated rings. The molecular weight excluding hydrogens is 358 g/mol. The molecule has 6 heteroatoms. The highest BCUT2D eigenvalue weighted by molar-refractivity contribution is 7.59. The van der Waals surface area contributed by atoms with Crippen LogP contribution in [0.5, 0.6) is 0 Å². The molecule has 2 heterocycles. The number of nitrogens with one attached hydrogen (secondary N) is 1. The molecule has 0 saturated carbocycles. The van der Waals surface area contributed by atoms with Crippen molar-refractivity contribution in [1.29, 1.82) is 0 Å². The first-order valence-electron chi connectivity index (χ1n) is 9.30. The molecule has 1 aromatic heterocycles. The molecule has 5 nitrogen and oxygen atoms in total. The first kappa shape index (κ1) is 23.1. The summed E-state index contributed by atoms with van der Waals surface area (Å²) >= 11 is 0. The number of carbonyl (C=O) groups is 1. The molecule has 1 aliphatic rings. The number of benzene rings is 1.